The molecule has 0 fully saturated rings. The third-order valence-corrected chi connectivity index (χ3v) is 4.60. The van der Waals surface area contributed by atoms with E-state index >= 15 is 0 Å². The number of hydrogen-bond acceptors (Lipinski definition) is 6. The van der Waals surface area contributed by atoms with Crippen molar-refractivity contribution in [2.24, 2.45) is 0 Å². The van der Waals surface area contributed by atoms with Crippen LogP contribution in [0.2, 0.25) is 0 Å². The van der Waals surface area contributed by atoms with E-state index in [0.717, 1.165) is 29.4 Å². The van der Waals surface area contributed by atoms with Crippen LogP contribution >= 0.6 is 22.7 Å². The standard InChI is InChI=1S/C11H13N3OS2/c1-7-9(16-6-12-7)4-14(3)11-13-8(2)10(5-15)17-11/h5-6H,4H2,1-3H3. The zero-order chi connectivity index (χ0) is 12.4. The summed E-state index contributed by atoms with van der Waals surface area (Å²) in [6, 6.07) is 0. The lowest BCUT2D eigenvalue weighted by molar-refractivity contribution is 0.112. The monoisotopic (exact) mass is 267 g/mol. The Bertz CT molecular complexity index is 533. The summed E-state index contributed by atoms with van der Waals surface area (Å²) in [7, 11) is 1.98. The molecule has 2 aromatic rings. The first-order valence-electron chi connectivity index (χ1n) is 5.14. The van der Waals surface area contributed by atoms with Crippen LogP contribution < -0.4 is 4.90 Å². The number of anilines is 1. The van der Waals surface area contributed by atoms with Crippen molar-refractivity contribution in [3.8, 4) is 0 Å². The van der Waals surface area contributed by atoms with E-state index in [1.165, 1.54) is 16.2 Å². The molecule has 0 saturated heterocycles. The average molecular weight is 267 g/mol. The number of hydrogen-bond donors (Lipinski definition) is 0. The number of aldehydes is 1. The van der Waals surface area contributed by atoms with Crippen LogP contribution in [0.3, 0.4) is 0 Å². The summed E-state index contributed by atoms with van der Waals surface area (Å²) in [4.78, 5) is 23.4. The molecule has 90 valence electrons. The predicted octanol–water partition coefficient (Wildman–Crippen LogP) is 2.67. The molecule has 2 aromatic heterocycles. The number of nitrogens with zero attached hydrogens (tertiary/aromatic N) is 3. The number of carbonyl (C=O) groups excluding carboxylic acids is 1. The molecule has 0 spiro atoms. The van der Waals surface area contributed by atoms with Gasteiger partial charge in [0.05, 0.1) is 28.3 Å². The first kappa shape index (κ1) is 12.2. The quantitative estimate of drug-likeness (QED) is 0.799. The lowest BCUT2D eigenvalue weighted by atomic mass is 10.4. The van der Waals surface area contributed by atoms with Gasteiger partial charge in [-0.2, -0.15) is 0 Å². The number of carbonyl (C=O) groups is 1. The summed E-state index contributed by atoms with van der Waals surface area (Å²) in [6.45, 7) is 4.64. The maximum absolute atomic E-state index is 10.8. The lowest BCUT2D eigenvalue weighted by Gasteiger charge is -2.14. The van der Waals surface area contributed by atoms with Gasteiger partial charge in [-0.3, -0.25) is 4.79 Å². The van der Waals surface area contributed by atoms with Crippen molar-refractivity contribution < 1.29 is 4.79 Å². The van der Waals surface area contributed by atoms with E-state index in [1.54, 1.807) is 11.3 Å². The second kappa shape index (κ2) is 4.93. The van der Waals surface area contributed by atoms with E-state index in [2.05, 4.69) is 9.97 Å². The first-order chi connectivity index (χ1) is 8.11. The number of thiazole rings is 2. The van der Waals surface area contributed by atoms with Crippen LogP contribution in [-0.2, 0) is 6.54 Å². The predicted molar refractivity (Wildman–Crippen MR) is 71.2 cm³/mol. The third-order valence-electron chi connectivity index (χ3n) is 2.48. The van der Waals surface area contributed by atoms with Gasteiger partial charge < -0.3 is 4.90 Å². The van der Waals surface area contributed by atoms with Crippen molar-refractivity contribution in [1.29, 1.82) is 0 Å². The van der Waals surface area contributed by atoms with Gasteiger partial charge >= 0.3 is 0 Å². The molecule has 0 amide bonds. The summed E-state index contributed by atoms with van der Waals surface area (Å²) in [6.07, 6.45) is 0.863. The molecular weight excluding hydrogens is 254 g/mol. The van der Waals surface area contributed by atoms with E-state index in [0.29, 0.717) is 4.88 Å². The number of aromatic nitrogens is 2. The molecule has 17 heavy (non-hydrogen) atoms. The van der Waals surface area contributed by atoms with Crippen molar-refractivity contribution >= 4 is 34.1 Å². The Morgan fingerprint density at radius 3 is 2.71 bits per heavy atom. The minimum atomic E-state index is 0.702. The van der Waals surface area contributed by atoms with Crippen molar-refractivity contribution in [3.05, 3.63) is 26.7 Å². The minimum Gasteiger partial charge on any atom is -0.346 e. The molecule has 0 saturated carbocycles. The minimum absolute atomic E-state index is 0.702. The van der Waals surface area contributed by atoms with Crippen LogP contribution in [0.5, 0.6) is 0 Å². The van der Waals surface area contributed by atoms with E-state index in [1.807, 2.05) is 31.3 Å². The van der Waals surface area contributed by atoms with E-state index < -0.39 is 0 Å². The van der Waals surface area contributed by atoms with Gasteiger partial charge in [0.1, 0.15) is 0 Å². The molecule has 0 aromatic carbocycles. The van der Waals surface area contributed by atoms with E-state index in [9.17, 15) is 4.79 Å². The molecule has 6 heteroatoms. The van der Waals surface area contributed by atoms with E-state index in [4.69, 9.17) is 0 Å². The summed E-state index contributed by atoms with van der Waals surface area (Å²) in [5.41, 5.74) is 3.71. The van der Waals surface area contributed by atoms with Crippen LogP contribution in [0.25, 0.3) is 0 Å². The summed E-state index contributed by atoms with van der Waals surface area (Å²) in [5, 5.41) is 0.873. The van der Waals surface area contributed by atoms with Crippen LogP contribution in [-0.4, -0.2) is 23.3 Å². The van der Waals surface area contributed by atoms with Gasteiger partial charge in [0.15, 0.2) is 11.4 Å². The van der Waals surface area contributed by atoms with Crippen molar-refractivity contribution in [1.82, 2.24) is 9.97 Å². The SMILES string of the molecule is Cc1nc(N(C)Cc2scnc2C)sc1C=O. The Balaban J connectivity index is 2.17. The van der Waals surface area contributed by atoms with Gasteiger partial charge in [0.2, 0.25) is 0 Å². The largest absolute Gasteiger partial charge is 0.346 e. The molecule has 0 aliphatic rings. The fourth-order valence-corrected chi connectivity index (χ4v) is 3.10. The van der Waals surface area contributed by atoms with Gasteiger partial charge in [-0.25, -0.2) is 9.97 Å². The highest BCUT2D eigenvalue weighted by atomic mass is 32.1. The smallest absolute Gasteiger partial charge is 0.186 e. The van der Waals surface area contributed by atoms with Crippen molar-refractivity contribution in [3.63, 3.8) is 0 Å². The van der Waals surface area contributed by atoms with Gasteiger partial charge in [-0.1, -0.05) is 11.3 Å². The van der Waals surface area contributed by atoms with Gasteiger partial charge in [0.25, 0.3) is 0 Å². The second-order valence-electron chi connectivity index (χ2n) is 3.78. The molecule has 0 atom stereocenters. The molecule has 0 bridgehead atoms. The fraction of sp³-hybridized carbons (Fsp3) is 0.364. The number of aryl methyl sites for hydroxylation is 2. The van der Waals surface area contributed by atoms with Gasteiger partial charge in [-0.15, -0.1) is 11.3 Å². The molecule has 0 aliphatic carbocycles. The van der Waals surface area contributed by atoms with Crippen molar-refractivity contribution in [2.45, 2.75) is 20.4 Å². The Hall–Kier alpha value is -1.27. The molecule has 0 aliphatic heterocycles. The second-order valence-corrected chi connectivity index (χ2v) is 5.73. The summed E-state index contributed by atoms with van der Waals surface area (Å²) < 4.78 is 0. The lowest BCUT2D eigenvalue weighted by Crippen LogP contribution is -2.15. The summed E-state index contributed by atoms with van der Waals surface area (Å²) >= 11 is 3.07. The number of rotatable bonds is 4. The molecular formula is C11H13N3OS2. The summed E-state index contributed by atoms with van der Waals surface area (Å²) in [5.74, 6) is 0. The Morgan fingerprint density at radius 2 is 2.18 bits per heavy atom. The molecule has 0 unspecified atom stereocenters. The average Bonchev–Trinajstić information content (AvgIpc) is 2.86. The molecule has 0 N–H and O–H groups in total. The van der Waals surface area contributed by atoms with Crippen LogP contribution in [0.15, 0.2) is 5.51 Å². The Labute approximate surface area is 108 Å². The first-order valence-corrected chi connectivity index (χ1v) is 6.84. The highest BCUT2D eigenvalue weighted by Crippen LogP contribution is 2.26. The van der Waals surface area contributed by atoms with Crippen molar-refractivity contribution in [2.75, 3.05) is 11.9 Å². The third kappa shape index (κ3) is 2.53. The highest BCUT2D eigenvalue weighted by molar-refractivity contribution is 7.17. The Kier molecular flexibility index (Phi) is 3.54. The topological polar surface area (TPSA) is 46.1 Å². The van der Waals surface area contributed by atoms with Crippen LogP contribution in [0.1, 0.15) is 25.9 Å². The Morgan fingerprint density at radius 1 is 1.41 bits per heavy atom. The fourth-order valence-electron chi connectivity index (χ4n) is 1.43. The highest BCUT2D eigenvalue weighted by Gasteiger charge is 2.12. The van der Waals surface area contributed by atoms with Gasteiger partial charge in [-0.05, 0) is 13.8 Å². The van der Waals surface area contributed by atoms with E-state index in [-0.39, 0.29) is 0 Å². The van der Waals surface area contributed by atoms with Gasteiger partial charge in [0, 0.05) is 11.9 Å². The van der Waals surface area contributed by atoms with Crippen LogP contribution in [0, 0.1) is 13.8 Å². The molecule has 2 rings (SSSR count). The maximum atomic E-state index is 10.8. The van der Waals surface area contributed by atoms with Crippen LogP contribution in [0.4, 0.5) is 5.13 Å². The normalized spacial score (nSPS) is 10.5. The molecule has 4 nitrogen and oxygen atoms in total. The zero-order valence-corrected chi connectivity index (χ0v) is 11.6. The molecule has 2 heterocycles. The maximum Gasteiger partial charge on any atom is 0.186 e. The zero-order valence-electron chi connectivity index (χ0n) is 9.93. The molecule has 0 radical (unpaired) electrons.